The van der Waals surface area contributed by atoms with Crippen molar-refractivity contribution >= 4 is 23.6 Å². The molecule has 0 unspecified atom stereocenters. The molecule has 1 fully saturated rings. The molecule has 1 aliphatic heterocycles. The lowest BCUT2D eigenvalue weighted by Crippen LogP contribution is -2.42. The van der Waals surface area contributed by atoms with Crippen molar-refractivity contribution in [2.24, 2.45) is 0 Å². The topological polar surface area (TPSA) is 63.0 Å². The third kappa shape index (κ3) is 4.01. The highest BCUT2D eigenvalue weighted by atomic mass is 32.2. The number of carbonyl (C=O) groups is 2. The molecule has 0 saturated carbocycles. The fourth-order valence-corrected chi connectivity index (χ4v) is 2.79. The summed E-state index contributed by atoms with van der Waals surface area (Å²) in [7, 11) is 1.59. The van der Waals surface area contributed by atoms with Gasteiger partial charge in [0.1, 0.15) is 12.3 Å². The highest BCUT2D eigenvalue weighted by molar-refractivity contribution is 8.00. The summed E-state index contributed by atoms with van der Waals surface area (Å²) in [5, 5.41) is 0. The minimum Gasteiger partial charge on any atom is -0.467 e. The first-order valence-electron chi connectivity index (χ1n) is 6.35. The summed E-state index contributed by atoms with van der Waals surface area (Å²) in [5.41, 5.74) is 0. The van der Waals surface area contributed by atoms with E-state index in [0.29, 0.717) is 31.3 Å². The molecule has 0 aromatic carbocycles. The zero-order chi connectivity index (χ0) is 14.4. The smallest absolute Gasteiger partial charge is 0.242 e. The Hall–Kier alpha value is -1.47. The van der Waals surface area contributed by atoms with Gasteiger partial charge in [-0.1, -0.05) is 0 Å². The van der Waals surface area contributed by atoms with Gasteiger partial charge in [0.25, 0.3) is 0 Å². The van der Waals surface area contributed by atoms with Gasteiger partial charge in [0.05, 0.1) is 31.0 Å². The van der Waals surface area contributed by atoms with Crippen LogP contribution in [-0.2, 0) is 20.9 Å². The van der Waals surface area contributed by atoms with Crippen LogP contribution in [0.4, 0.5) is 0 Å². The Labute approximate surface area is 122 Å². The summed E-state index contributed by atoms with van der Waals surface area (Å²) in [6.07, 6.45) is 1.58. The highest BCUT2D eigenvalue weighted by Gasteiger charge is 2.25. The first-order valence-corrected chi connectivity index (χ1v) is 7.51. The Kier molecular flexibility index (Phi) is 5.49. The molecule has 0 N–H and O–H groups in total. The van der Waals surface area contributed by atoms with Gasteiger partial charge in [0.15, 0.2) is 0 Å². The lowest BCUT2D eigenvalue weighted by Gasteiger charge is -2.24. The van der Waals surface area contributed by atoms with E-state index < -0.39 is 0 Å². The number of amides is 2. The van der Waals surface area contributed by atoms with E-state index in [1.54, 1.807) is 29.2 Å². The SMILES string of the molecule is COCCN(Cc1ccco1)C(=O)CN1CSCC1=O. The number of rotatable bonds is 7. The maximum atomic E-state index is 12.3. The summed E-state index contributed by atoms with van der Waals surface area (Å²) in [5.74, 6) is 1.70. The molecule has 6 nitrogen and oxygen atoms in total. The van der Waals surface area contributed by atoms with Gasteiger partial charge in [-0.25, -0.2) is 0 Å². The van der Waals surface area contributed by atoms with Crippen molar-refractivity contribution in [3.05, 3.63) is 24.2 Å². The molecule has 2 rings (SSSR count). The molecule has 1 aliphatic rings. The number of hydrogen-bond acceptors (Lipinski definition) is 5. The van der Waals surface area contributed by atoms with Gasteiger partial charge in [-0.2, -0.15) is 0 Å². The summed E-state index contributed by atoms with van der Waals surface area (Å²) in [6.45, 7) is 1.45. The Balaban J connectivity index is 1.93. The summed E-state index contributed by atoms with van der Waals surface area (Å²) in [4.78, 5) is 27.1. The van der Waals surface area contributed by atoms with Gasteiger partial charge < -0.3 is 19.0 Å². The first kappa shape index (κ1) is 14.9. The van der Waals surface area contributed by atoms with Crippen molar-refractivity contribution in [2.75, 3.05) is 38.4 Å². The van der Waals surface area contributed by atoms with E-state index >= 15 is 0 Å². The average Bonchev–Trinajstić information content (AvgIpc) is 3.07. The fraction of sp³-hybridized carbons (Fsp3) is 0.538. The number of nitrogens with zero attached hydrogens (tertiary/aromatic N) is 2. The van der Waals surface area contributed by atoms with Crippen LogP contribution in [0.15, 0.2) is 22.8 Å². The molecule has 0 atom stereocenters. The molecular weight excluding hydrogens is 280 g/mol. The molecule has 0 bridgehead atoms. The molecule has 0 radical (unpaired) electrons. The second kappa shape index (κ2) is 7.35. The number of hydrogen-bond donors (Lipinski definition) is 0. The number of methoxy groups -OCH3 is 1. The second-order valence-corrected chi connectivity index (χ2v) is 5.41. The molecule has 1 aromatic heterocycles. The van der Waals surface area contributed by atoms with E-state index in [2.05, 4.69) is 0 Å². The molecule has 0 aliphatic carbocycles. The Morgan fingerprint density at radius 3 is 3.05 bits per heavy atom. The summed E-state index contributed by atoms with van der Waals surface area (Å²) in [6, 6.07) is 3.61. The van der Waals surface area contributed by atoms with E-state index in [0.717, 1.165) is 5.76 Å². The van der Waals surface area contributed by atoms with Gasteiger partial charge in [0.2, 0.25) is 11.8 Å². The monoisotopic (exact) mass is 298 g/mol. The van der Waals surface area contributed by atoms with Crippen molar-refractivity contribution in [1.29, 1.82) is 0 Å². The van der Waals surface area contributed by atoms with Crippen molar-refractivity contribution < 1.29 is 18.7 Å². The van der Waals surface area contributed by atoms with E-state index in [-0.39, 0.29) is 18.4 Å². The molecule has 2 heterocycles. The molecule has 110 valence electrons. The van der Waals surface area contributed by atoms with E-state index in [4.69, 9.17) is 9.15 Å². The number of ether oxygens (including phenoxy) is 1. The number of thioether (sulfide) groups is 1. The first-order chi connectivity index (χ1) is 9.70. The van der Waals surface area contributed by atoms with Crippen molar-refractivity contribution in [2.45, 2.75) is 6.54 Å². The largest absolute Gasteiger partial charge is 0.467 e. The summed E-state index contributed by atoms with van der Waals surface area (Å²) >= 11 is 1.53. The van der Waals surface area contributed by atoms with Crippen LogP contribution in [0.3, 0.4) is 0 Å². The van der Waals surface area contributed by atoms with Crippen LogP contribution in [0.25, 0.3) is 0 Å². The predicted octanol–water partition coefficient (Wildman–Crippen LogP) is 0.788. The van der Waals surface area contributed by atoms with E-state index in [9.17, 15) is 9.59 Å². The van der Waals surface area contributed by atoms with Crippen LogP contribution < -0.4 is 0 Å². The van der Waals surface area contributed by atoms with Crippen molar-refractivity contribution in [1.82, 2.24) is 9.80 Å². The molecule has 20 heavy (non-hydrogen) atoms. The Morgan fingerprint density at radius 2 is 2.45 bits per heavy atom. The van der Waals surface area contributed by atoms with Crippen molar-refractivity contribution in [3.8, 4) is 0 Å². The Bertz CT molecular complexity index is 449. The van der Waals surface area contributed by atoms with Gasteiger partial charge in [-0.3, -0.25) is 9.59 Å². The second-order valence-electron chi connectivity index (χ2n) is 4.46. The quantitative estimate of drug-likeness (QED) is 0.744. The highest BCUT2D eigenvalue weighted by Crippen LogP contribution is 2.15. The summed E-state index contributed by atoms with van der Waals surface area (Å²) < 4.78 is 10.3. The van der Waals surface area contributed by atoms with Gasteiger partial charge in [-0.15, -0.1) is 11.8 Å². The molecule has 1 saturated heterocycles. The minimum absolute atomic E-state index is 0.0213. The van der Waals surface area contributed by atoms with Crippen LogP contribution in [-0.4, -0.2) is 60.1 Å². The molecule has 0 spiro atoms. The molecule has 2 amide bonds. The van der Waals surface area contributed by atoms with Crippen molar-refractivity contribution in [3.63, 3.8) is 0 Å². The molecule has 1 aromatic rings. The molecular formula is C13H18N2O4S. The van der Waals surface area contributed by atoms with E-state index in [1.807, 2.05) is 6.07 Å². The van der Waals surface area contributed by atoms with Gasteiger partial charge >= 0.3 is 0 Å². The zero-order valence-corrected chi connectivity index (χ0v) is 12.2. The molecule has 7 heteroatoms. The average molecular weight is 298 g/mol. The maximum absolute atomic E-state index is 12.3. The number of furan rings is 1. The van der Waals surface area contributed by atoms with Crippen LogP contribution >= 0.6 is 11.8 Å². The maximum Gasteiger partial charge on any atom is 0.242 e. The van der Waals surface area contributed by atoms with Crippen LogP contribution in [0, 0.1) is 0 Å². The third-order valence-corrected chi connectivity index (χ3v) is 3.94. The zero-order valence-electron chi connectivity index (χ0n) is 11.4. The van der Waals surface area contributed by atoms with Crippen LogP contribution in [0.5, 0.6) is 0 Å². The Morgan fingerprint density at radius 1 is 1.60 bits per heavy atom. The standard InChI is InChI=1S/C13H18N2O4S/c1-18-6-4-14(7-11-3-2-5-19-11)12(16)8-15-10-20-9-13(15)17/h2-3,5H,4,6-10H2,1H3. The van der Waals surface area contributed by atoms with Crippen LogP contribution in [0.1, 0.15) is 5.76 Å². The number of carbonyl (C=O) groups excluding carboxylic acids is 2. The fourth-order valence-electron chi connectivity index (χ4n) is 1.89. The minimum atomic E-state index is -0.0886. The van der Waals surface area contributed by atoms with Gasteiger partial charge in [0, 0.05) is 13.7 Å². The van der Waals surface area contributed by atoms with Gasteiger partial charge in [-0.05, 0) is 12.1 Å². The third-order valence-electron chi connectivity index (χ3n) is 3.00. The lowest BCUT2D eigenvalue weighted by molar-refractivity contribution is -0.139. The normalized spacial score (nSPS) is 14.8. The predicted molar refractivity (Wildman–Crippen MR) is 75.0 cm³/mol. The van der Waals surface area contributed by atoms with Crippen LogP contribution in [0.2, 0.25) is 0 Å². The lowest BCUT2D eigenvalue weighted by atomic mass is 10.3. The van der Waals surface area contributed by atoms with E-state index in [1.165, 1.54) is 11.8 Å².